The topological polar surface area (TPSA) is 24.5 Å². The Balaban J connectivity index is 2.09. The molecule has 0 radical (unpaired) electrons. The molecule has 0 spiro atoms. The summed E-state index contributed by atoms with van der Waals surface area (Å²) in [5.41, 5.74) is 0.185. The molecule has 0 aromatic heterocycles. The molecule has 2 rings (SSSR count). The molecule has 3 unspecified atom stereocenters. The summed E-state index contributed by atoms with van der Waals surface area (Å²) in [6, 6.07) is 1.37. The lowest BCUT2D eigenvalue weighted by molar-refractivity contribution is -0.0885. The van der Waals surface area contributed by atoms with E-state index in [0.717, 1.165) is 32.2 Å². The van der Waals surface area contributed by atoms with Crippen LogP contribution in [0, 0.1) is 5.92 Å². The van der Waals surface area contributed by atoms with Crippen LogP contribution in [-0.4, -0.2) is 48.8 Å². The standard InChI is InChI=1S/C17H34N2O/c1-5-7-14-8-9-15(18-6-2)16(12-14)19-10-11-20-13-17(19,3)4/h14-16,18H,5-13H2,1-4H3. The lowest BCUT2D eigenvalue weighted by atomic mass is 9.78. The molecule has 0 aromatic rings. The fraction of sp³-hybridized carbons (Fsp3) is 1.00. The first-order valence-electron chi connectivity index (χ1n) is 8.66. The van der Waals surface area contributed by atoms with Gasteiger partial charge >= 0.3 is 0 Å². The largest absolute Gasteiger partial charge is 0.378 e. The number of morpholine rings is 1. The molecule has 1 saturated carbocycles. The predicted octanol–water partition coefficient (Wildman–Crippen LogP) is 3.04. The first-order chi connectivity index (χ1) is 9.58. The Bertz CT molecular complexity index is 293. The molecule has 1 aliphatic heterocycles. The van der Waals surface area contributed by atoms with Crippen molar-refractivity contribution in [2.75, 3.05) is 26.3 Å². The van der Waals surface area contributed by atoms with Crippen LogP contribution in [0.25, 0.3) is 0 Å². The van der Waals surface area contributed by atoms with Gasteiger partial charge in [0.15, 0.2) is 0 Å². The first-order valence-corrected chi connectivity index (χ1v) is 8.66. The van der Waals surface area contributed by atoms with Crippen molar-refractivity contribution in [3.63, 3.8) is 0 Å². The van der Waals surface area contributed by atoms with Crippen molar-refractivity contribution in [3.05, 3.63) is 0 Å². The normalized spacial score (nSPS) is 35.1. The van der Waals surface area contributed by atoms with Crippen LogP contribution in [0.15, 0.2) is 0 Å². The van der Waals surface area contributed by atoms with Gasteiger partial charge in [0.25, 0.3) is 0 Å². The Morgan fingerprint density at radius 2 is 2.05 bits per heavy atom. The Kier molecular flexibility index (Phi) is 5.88. The molecule has 0 aromatic carbocycles. The van der Waals surface area contributed by atoms with Crippen molar-refractivity contribution in [3.8, 4) is 0 Å². The zero-order chi connectivity index (χ0) is 14.6. The summed E-state index contributed by atoms with van der Waals surface area (Å²) in [4.78, 5) is 2.74. The molecule has 1 aliphatic carbocycles. The molecule has 1 N–H and O–H groups in total. The van der Waals surface area contributed by atoms with Crippen LogP contribution in [0.1, 0.15) is 59.8 Å². The summed E-state index contributed by atoms with van der Waals surface area (Å²) in [5, 5.41) is 3.75. The summed E-state index contributed by atoms with van der Waals surface area (Å²) in [5.74, 6) is 0.929. The smallest absolute Gasteiger partial charge is 0.0645 e. The average molecular weight is 282 g/mol. The maximum atomic E-state index is 5.71. The molecule has 0 amide bonds. The third-order valence-electron chi connectivity index (χ3n) is 5.20. The van der Waals surface area contributed by atoms with E-state index in [2.05, 4.69) is 37.9 Å². The Morgan fingerprint density at radius 3 is 2.70 bits per heavy atom. The van der Waals surface area contributed by atoms with Gasteiger partial charge in [-0.2, -0.15) is 0 Å². The Morgan fingerprint density at radius 1 is 1.25 bits per heavy atom. The molecule has 2 fully saturated rings. The van der Waals surface area contributed by atoms with E-state index >= 15 is 0 Å². The molecule has 1 heterocycles. The maximum absolute atomic E-state index is 5.71. The lowest BCUT2D eigenvalue weighted by Gasteiger charge is -2.51. The van der Waals surface area contributed by atoms with Gasteiger partial charge in [0.2, 0.25) is 0 Å². The predicted molar refractivity (Wildman–Crippen MR) is 85.1 cm³/mol. The summed E-state index contributed by atoms with van der Waals surface area (Å²) < 4.78 is 5.71. The van der Waals surface area contributed by atoms with Crippen molar-refractivity contribution < 1.29 is 4.74 Å². The molecule has 20 heavy (non-hydrogen) atoms. The number of hydrogen-bond donors (Lipinski definition) is 1. The number of ether oxygens (including phenoxy) is 1. The van der Waals surface area contributed by atoms with Gasteiger partial charge in [-0.25, -0.2) is 0 Å². The van der Waals surface area contributed by atoms with E-state index in [1.54, 1.807) is 0 Å². The summed E-state index contributed by atoms with van der Waals surface area (Å²) in [6.45, 7) is 13.2. The third-order valence-corrected chi connectivity index (χ3v) is 5.20. The van der Waals surface area contributed by atoms with E-state index in [0.29, 0.717) is 12.1 Å². The van der Waals surface area contributed by atoms with E-state index in [-0.39, 0.29) is 5.54 Å². The summed E-state index contributed by atoms with van der Waals surface area (Å²) >= 11 is 0. The Labute approximate surface area is 125 Å². The van der Waals surface area contributed by atoms with Crippen molar-refractivity contribution in [1.29, 1.82) is 0 Å². The van der Waals surface area contributed by atoms with Crippen molar-refractivity contribution in [1.82, 2.24) is 10.2 Å². The average Bonchev–Trinajstić information content (AvgIpc) is 2.41. The zero-order valence-corrected chi connectivity index (χ0v) is 14.0. The van der Waals surface area contributed by atoms with Gasteiger partial charge in [0, 0.05) is 24.2 Å². The zero-order valence-electron chi connectivity index (χ0n) is 14.0. The van der Waals surface area contributed by atoms with Gasteiger partial charge in [-0.3, -0.25) is 4.90 Å². The van der Waals surface area contributed by atoms with E-state index in [1.807, 2.05) is 0 Å². The fourth-order valence-electron chi connectivity index (χ4n) is 4.23. The molecule has 0 bridgehead atoms. The highest BCUT2D eigenvalue weighted by molar-refractivity contribution is 4.97. The third kappa shape index (κ3) is 3.75. The summed E-state index contributed by atoms with van der Waals surface area (Å²) in [7, 11) is 0. The summed E-state index contributed by atoms with van der Waals surface area (Å²) in [6.07, 6.45) is 6.86. The second kappa shape index (κ2) is 7.24. The van der Waals surface area contributed by atoms with E-state index in [1.165, 1.54) is 32.1 Å². The monoisotopic (exact) mass is 282 g/mol. The highest BCUT2D eigenvalue weighted by Crippen LogP contribution is 2.35. The molecule has 3 nitrogen and oxygen atoms in total. The number of nitrogens with one attached hydrogen (secondary N) is 1. The number of nitrogens with zero attached hydrogens (tertiary/aromatic N) is 1. The molecule has 1 saturated heterocycles. The van der Waals surface area contributed by atoms with Crippen LogP contribution in [0.4, 0.5) is 0 Å². The molecule has 3 heteroatoms. The molecule has 118 valence electrons. The molecular formula is C17H34N2O. The van der Waals surface area contributed by atoms with Gasteiger partial charge in [-0.15, -0.1) is 0 Å². The quantitative estimate of drug-likeness (QED) is 0.839. The van der Waals surface area contributed by atoms with Crippen LogP contribution < -0.4 is 5.32 Å². The van der Waals surface area contributed by atoms with E-state index < -0.39 is 0 Å². The fourth-order valence-corrected chi connectivity index (χ4v) is 4.23. The first kappa shape index (κ1) is 16.3. The van der Waals surface area contributed by atoms with Crippen LogP contribution in [-0.2, 0) is 4.74 Å². The van der Waals surface area contributed by atoms with Gasteiger partial charge in [-0.1, -0.05) is 26.7 Å². The molecule has 2 aliphatic rings. The van der Waals surface area contributed by atoms with Gasteiger partial charge in [0.1, 0.15) is 0 Å². The minimum absolute atomic E-state index is 0.185. The highest BCUT2D eigenvalue weighted by Gasteiger charge is 2.41. The van der Waals surface area contributed by atoms with E-state index in [4.69, 9.17) is 4.74 Å². The second-order valence-electron chi connectivity index (χ2n) is 7.26. The molecule has 3 atom stereocenters. The maximum Gasteiger partial charge on any atom is 0.0645 e. The van der Waals surface area contributed by atoms with Crippen molar-refractivity contribution in [2.45, 2.75) is 77.4 Å². The minimum atomic E-state index is 0.185. The second-order valence-corrected chi connectivity index (χ2v) is 7.26. The highest BCUT2D eigenvalue weighted by atomic mass is 16.5. The molecular weight excluding hydrogens is 248 g/mol. The number of rotatable bonds is 5. The van der Waals surface area contributed by atoms with Gasteiger partial charge < -0.3 is 10.1 Å². The van der Waals surface area contributed by atoms with Gasteiger partial charge in [-0.05, 0) is 45.6 Å². The van der Waals surface area contributed by atoms with Crippen LogP contribution in [0.3, 0.4) is 0 Å². The SMILES string of the molecule is CCCC1CCC(NCC)C(N2CCOCC2(C)C)C1. The van der Waals surface area contributed by atoms with E-state index in [9.17, 15) is 0 Å². The van der Waals surface area contributed by atoms with Crippen molar-refractivity contribution >= 4 is 0 Å². The van der Waals surface area contributed by atoms with Crippen LogP contribution >= 0.6 is 0 Å². The number of likely N-dealkylation sites (N-methyl/N-ethyl adjacent to an activating group) is 1. The number of hydrogen-bond acceptors (Lipinski definition) is 3. The van der Waals surface area contributed by atoms with Gasteiger partial charge in [0.05, 0.1) is 13.2 Å². The minimum Gasteiger partial charge on any atom is -0.378 e. The van der Waals surface area contributed by atoms with Crippen LogP contribution in [0.5, 0.6) is 0 Å². The Hall–Kier alpha value is -0.120. The lowest BCUT2D eigenvalue weighted by Crippen LogP contribution is -2.63. The van der Waals surface area contributed by atoms with Crippen LogP contribution in [0.2, 0.25) is 0 Å². The van der Waals surface area contributed by atoms with Crippen molar-refractivity contribution in [2.24, 2.45) is 5.92 Å².